The lowest BCUT2D eigenvalue weighted by Crippen LogP contribution is -2.44. The minimum Gasteiger partial charge on any atom is -0.465 e. The molecule has 9 heteroatoms. The van der Waals surface area contributed by atoms with Crippen molar-refractivity contribution >= 4 is 17.7 Å². The number of anilines is 1. The number of benzene rings is 1. The van der Waals surface area contributed by atoms with Crippen molar-refractivity contribution in [3.8, 4) is 0 Å². The van der Waals surface area contributed by atoms with Crippen molar-refractivity contribution < 1.29 is 31.9 Å². The van der Waals surface area contributed by atoms with E-state index in [0.717, 1.165) is 19.2 Å². The Hall–Kier alpha value is -2.32. The smallest absolute Gasteiger partial charge is 0.391 e. The summed E-state index contributed by atoms with van der Waals surface area (Å²) in [4.78, 5) is 24.7. The molecule has 5 nitrogen and oxygen atoms in total. The summed E-state index contributed by atoms with van der Waals surface area (Å²) in [6.45, 7) is -0.150. The molecule has 1 aliphatic heterocycles. The Bertz CT molecular complexity index is 626. The van der Waals surface area contributed by atoms with E-state index in [0.29, 0.717) is 0 Å². The number of alkyl halides is 3. The normalized spacial score (nSPS) is 16.0. The van der Waals surface area contributed by atoms with Crippen LogP contribution in [0.15, 0.2) is 18.2 Å². The summed E-state index contributed by atoms with van der Waals surface area (Å²) in [5.41, 5.74) is -0.189. The highest BCUT2D eigenvalue weighted by Gasteiger charge is 2.41. The minimum atomic E-state index is -4.27. The summed E-state index contributed by atoms with van der Waals surface area (Å²) in [5, 5.41) is 2.28. The van der Waals surface area contributed by atoms with Crippen LogP contribution in [-0.4, -0.2) is 43.3 Å². The third kappa shape index (κ3) is 4.15. The summed E-state index contributed by atoms with van der Waals surface area (Å²) in [5.74, 6) is -2.89. The SMILES string of the molecule is COC(=O)c1ccc(F)c(NC(=O)N2CCC(C(F)(F)F)CC2)c1. The van der Waals surface area contributed by atoms with Crippen LogP contribution in [0.4, 0.5) is 28.0 Å². The van der Waals surface area contributed by atoms with Crippen LogP contribution in [0.25, 0.3) is 0 Å². The fourth-order valence-electron chi connectivity index (χ4n) is 2.47. The van der Waals surface area contributed by atoms with Gasteiger partial charge in [0, 0.05) is 13.1 Å². The summed E-state index contributed by atoms with van der Waals surface area (Å²) < 4.78 is 56.1. The van der Waals surface area contributed by atoms with Crippen molar-refractivity contribution in [1.82, 2.24) is 4.90 Å². The van der Waals surface area contributed by atoms with Crippen molar-refractivity contribution in [3.63, 3.8) is 0 Å². The van der Waals surface area contributed by atoms with Crippen LogP contribution in [-0.2, 0) is 4.74 Å². The van der Waals surface area contributed by atoms with E-state index in [-0.39, 0.29) is 37.2 Å². The molecule has 2 rings (SSSR count). The number of carbonyl (C=O) groups excluding carboxylic acids is 2. The second-order valence-corrected chi connectivity index (χ2v) is 5.42. The summed E-state index contributed by atoms with van der Waals surface area (Å²) in [6, 6.07) is 2.60. The van der Waals surface area contributed by atoms with E-state index < -0.39 is 29.9 Å². The molecule has 0 unspecified atom stereocenters. The molecule has 0 atom stereocenters. The second-order valence-electron chi connectivity index (χ2n) is 5.42. The third-order valence-electron chi connectivity index (χ3n) is 3.87. The summed E-state index contributed by atoms with van der Waals surface area (Å²) in [6.07, 6.45) is -4.66. The Labute approximate surface area is 135 Å². The van der Waals surface area contributed by atoms with Crippen LogP contribution in [0.5, 0.6) is 0 Å². The molecule has 1 N–H and O–H groups in total. The lowest BCUT2D eigenvalue weighted by Gasteiger charge is -2.32. The molecule has 1 aliphatic rings. The molecule has 0 radical (unpaired) electrons. The topological polar surface area (TPSA) is 58.6 Å². The first kappa shape index (κ1) is 18.0. The van der Waals surface area contributed by atoms with Gasteiger partial charge in [0.05, 0.1) is 24.3 Å². The molecule has 24 heavy (non-hydrogen) atoms. The maximum absolute atomic E-state index is 13.7. The van der Waals surface area contributed by atoms with Gasteiger partial charge < -0.3 is 15.0 Å². The summed E-state index contributed by atoms with van der Waals surface area (Å²) in [7, 11) is 1.16. The zero-order valence-corrected chi connectivity index (χ0v) is 12.8. The van der Waals surface area contributed by atoms with Crippen LogP contribution in [0.1, 0.15) is 23.2 Å². The Morgan fingerprint density at radius 2 is 1.88 bits per heavy atom. The molecule has 0 bridgehead atoms. The van der Waals surface area contributed by atoms with E-state index in [1.54, 1.807) is 0 Å². The highest BCUT2D eigenvalue weighted by molar-refractivity contribution is 5.94. The monoisotopic (exact) mass is 348 g/mol. The zero-order chi connectivity index (χ0) is 17.9. The molecule has 1 aromatic rings. The van der Waals surface area contributed by atoms with Gasteiger partial charge in [0.2, 0.25) is 0 Å². The second kappa shape index (κ2) is 7.06. The van der Waals surface area contributed by atoms with E-state index in [1.165, 1.54) is 11.0 Å². The number of amides is 2. The minimum absolute atomic E-state index is 0.0463. The fraction of sp³-hybridized carbons (Fsp3) is 0.467. The fourth-order valence-corrected chi connectivity index (χ4v) is 2.47. The number of carbonyl (C=O) groups is 2. The molecule has 2 amide bonds. The van der Waals surface area contributed by atoms with E-state index in [9.17, 15) is 27.2 Å². The van der Waals surface area contributed by atoms with Crippen molar-refractivity contribution in [2.24, 2.45) is 5.92 Å². The first-order chi connectivity index (χ1) is 11.2. The average molecular weight is 348 g/mol. The lowest BCUT2D eigenvalue weighted by molar-refractivity contribution is -0.183. The van der Waals surface area contributed by atoms with Crippen LogP contribution in [0.2, 0.25) is 0 Å². The molecule has 1 saturated heterocycles. The Balaban J connectivity index is 2.02. The largest absolute Gasteiger partial charge is 0.465 e. The number of esters is 1. The van der Waals surface area contributed by atoms with Crippen LogP contribution in [0.3, 0.4) is 0 Å². The number of likely N-dealkylation sites (tertiary alicyclic amines) is 1. The Morgan fingerprint density at radius 3 is 2.42 bits per heavy atom. The quantitative estimate of drug-likeness (QED) is 0.658. The maximum Gasteiger partial charge on any atom is 0.391 e. The lowest BCUT2D eigenvalue weighted by atomic mass is 9.96. The van der Waals surface area contributed by atoms with Gasteiger partial charge in [-0.1, -0.05) is 0 Å². The molecular weight excluding hydrogens is 332 g/mol. The van der Waals surface area contributed by atoms with Crippen molar-refractivity contribution in [1.29, 1.82) is 0 Å². The summed E-state index contributed by atoms with van der Waals surface area (Å²) >= 11 is 0. The molecule has 1 fully saturated rings. The van der Waals surface area contributed by atoms with Gasteiger partial charge in [-0.25, -0.2) is 14.0 Å². The number of hydrogen-bond donors (Lipinski definition) is 1. The molecule has 0 spiro atoms. The van der Waals surface area contributed by atoms with E-state index in [2.05, 4.69) is 10.1 Å². The zero-order valence-electron chi connectivity index (χ0n) is 12.8. The Kier molecular flexibility index (Phi) is 5.30. The number of nitrogens with zero attached hydrogens (tertiary/aromatic N) is 1. The van der Waals surface area contributed by atoms with Crippen molar-refractivity contribution in [3.05, 3.63) is 29.6 Å². The third-order valence-corrected chi connectivity index (χ3v) is 3.87. The van der Waals surface area contributed by atoms with Gasteiger partial charge in [-0.2, -0.15) is 13.2 Å². The number of rotatable bonds is 2. The van der Waals surface area contributed by atoms with E-state index in [1.807, 2.05) is 0 Å². The number of halogens is 4. The van der Waals surface area contributed by atoms with E-state index >= 15 is 0 Å². The first-order valence-corrected chi connectivity index (χ1v) is 7.23. The van der Waals surface area contributed by atoms with Gasteiger partial charge in [0.1, 0.15) is 5.82 Å². The number of piperidine rings is 1. The Morgan fingerprint density at radius 1 is 1.25 bits per heavy atom. The van der Waals surface area contributed by atoms with E-state index in [4.69, 9.17) is 0 Å². The number of nitrogens with one attached hydrogen (secondary N) is 1. The highest BCUT2D eigenvalue weighted by atomic mass is 19.4. The standard InChI is InChI=1S/C15H16F4N2O3/c1-24-13(22)9-2-3-11(16)12(8-9)20-14(23)21-6-4-10(5-7-21)15(17,18)19/h2-3,8,10H,4-7H2,1H3,(H,20,23). The molecule has 1 aromatic carbocycles. The predicted octanol–water partition coefficient (Wildman–Crippen LogP) is 3.42. The number of ether oxygens (including phenoxy) is 1. The number of hydrogen-bond acceptors (Lipinski definition) is 3. The van der Waals surface area contributed by atoms with Crippen LogP contribution >= 0.6 is 0 Å². The molecule has 0 aromatic heterocycles. The molecule has 0 saturated carbocycles. The maximum atomic E-state index is 13.7. The first-order valence-electron chi connectivity index (χ1n) is 7.23. The molecular formula is C15H16F4N2O3. The van der Waals surface area contributed by atoms with Gasteiger partial charge in [0.25, 0.3) is 0 Å². The number of methoxy groups -OCH3 is 1. The van der Waals surface area contributed by atoms with Gasteiger partial charge >= 0.3 is 18.2 Å². The van der Waals surface area contributed by atoms with Gasteiger partial charge in [-0.05, 0) is 31.0 Å². The number of urea groups is 1. The van der Waals surface area contributed by atoms with Crippen molar-refractivity contribution in [2.75, 3.05) is 25.5 Å². The van der Waals surface area contributed by atoms with Gasteiger partial charge in [-0.3, -0.25) is 0 Å². The van der Waals surface area contributed by atoms with Crippen molar-refractivity contribution in [2.45, 2.75) is 19.0 Å². The van der Waals surface area contributed by atoms with Crippen LogP contribution in [0, 0.1) is 11.7 Å². The predicted molar refractivity (Wildman–Crippen MR) is 77.1 cm³/mol. The molecule has 132 valence electrons. The average Bonchev–Trinajstić information content (AvgIpc) is 2.55. The van der Waals surface area contributed by atoms with Gasteiger partial charge in [0.15, 0.2) is 0 Å². The highest BCUT2D eigenvalue weighted by Crippen LogP contribution is 2.34. The molecule has 1 heterocycles. The van der Waals surface area contributed by atoms with Gasteiger partial charge in [-0.15, -0.1) is 0 Å². The van der Waals surface area contributed by atoms with Crippen LogP contribution < -0.4 is 5.32 Å². The molecule has 0 aliphatic carbocycles.